The number of hydrogen-bond donors (Lipinski definition) is 2. The molecule has 1 unspecified atom stereocenters. The van der Waals surface area contributed by atoms with Gasteiger partial charge in [-0.05, 0) is 19.1 Å². The molecule has 102 valence electrons. The Kier molecular flexibility index (Phi) is 4.02. The normalized spacial score (nSPS) is 11.7. The van der Waals surface area contributed by atoms with Gasteiger partial charge in [-0.15, -0.1) is 5.10 Å². The molecule has 8 heteroatoms. The molecule has 1 atom stereocenters. The molecule has 0 fully saturated rings. The van der Waals surface area contributed by atoms with Crippen LogP contribution in [-0.4, -0.2) is 31.3 Å². The molecule has 0 bridgehead atoms. The molecule has 0 aliphatic carbocycles. The number of nitrogens with zero attached hydrogens (tertiary/aromatic N) is 5. The molecule has 2 N–H and O–H groups in total. The number of rotatable bonds is 5. The lowest BCUT2D eigenvalue weighted by Crippen LogP contribution is -2.20. The van der Waals surface area contributed by atoms with Crippen LogP contribution in [0.3, 0.4) is 0 Å². The molecule has 1 amide bonds. The Morgan fingerprint density at radius 2 is 2.40 bits per heavy atom. The van der Waals surface area contributed by atoms with Crippen LogP contribution in [0.1, 0.15) is 30.2 Å². The molecule has 0 radical (unpaired) electrons. The van der Waals surface area contributed by atoms with Gasteiger partial charge < -0.3 is 10.4 Å². The minimum absolute atomic E-state index is 0.228. The summed E-state index contributed by atoms with van der Waals surface area (Å²) in [6.07, 6.45) is 1.98. The highest BCUT2D eigenvalue weighted by Crippen LogP contribution is 2.14. The van der Waals surface area contributed by atoms with E-state index in [2.05, 4.69) is 20.4 Å². The summed E-state index contributed by atoms with van der Waals surface area (Å²) in [5.74, 6) is 1.12. The number of carbonyl (C=O) groups is 1. The fourth-order valence-electron chi connectivity index (χ4n) is 1.64. The quantitative estimate of drug-likeness (QED) is 0.730. The number of aliphatic hydroxyl groups is 1. The molecule has 2 rings (SSSR count). The number of carbonyl (C=O) groups excluding carboxylic acids is 1. The van der Waals surface area contributed by atoms with E-state index < -0.39 is 6.04 Å². The van der Waals surface area contributed by atoms with Crippen molar-refractivity contribution in [3.63, 3.8) is 0 Å². The maximum atomic E-state index is 10.5. The summed E-state index contributed by atoms with van der Waals surface area (Å²) < 4.78 is 1.42. The van der Waals surface area contributed by atoms with E-state index in [1.807, 2.05) is 6.07 Å². The summed E-state index contributed by atoms with van der Waals surface area (Å²) in [7, 11) is 0. The van der Waals surface area contributed by atoms with Crippen molar-refractivity contribution in [1.29, 1.82) is 5.26 Å². The molecule has 0 spiro atoms. The monoisotopic (exact) mass is 272 g/mol. The second-order valence-corrected chi connectivity index (χ2v) is 3.98. The molecule has 2 aromatic rings. The highest BCUT2D eigenvalue weighted by atomic mass is 16.3. The fraction of sp³-hybridized carbons (Fsp3) is 0.250. The van der Waals surface area contributed by atoms with E-state index >= 15 is 0 Å². The van der Waals surface area contributed by atoms with E-state index in [9.17, 15) is 4.79 Å². The Morgan fingerprint density at radius 3 is 2.95 bits per heavy atom. The smallest absolute Gasteiger partial charge is 0.207 e. The lowest BCUT2D eigenvalue weighted by Gasteiger charge is -2.10. The van der Waals surface area contributed by atoms with E-state index in [1.165, 1.54) is 10.9 Å². The van der Waals surface area contributed by atoms with Crippen LogP contribution in [0.15, 0.2) is 18.3 Å². The van der Waals surface area contributed by atoms with Crippen molar-refractivity contribution >= 4 is 6.41 Å². The van der Waals surface area contributed by atoms with Crippen molar-refractivity contribution < 1.29 is 9.90 Å². The van der Waals surface area contributed by atoms with Gasteiger partial charge in [-0.1, -0.05) is 0 Å². The number of nitrogens with one attached hydrogen (secondary N) is 1. The van der Waals surface area contributed by atoms with Crippen LogP contribution in [0.25, 0.3) is 5.82 Å². The van der Waals surface area contributed by atoms with Crippen LogP contribution in [0, 0.1) is 11.3 Å². The molecule has 0 saturated carbocycles. The van der Waals surface area contributed by atoms with Crippen LogP contribution < -0.4 is 5.32 Å². The maximum absolute atomic E-state index is 10.5. The summed E-state index contributed by atoms with van der Waals surface area (Å²) in [6.45, 7) is 1.42. The van der Waals surface area contributed by atoms with Gasteiger partial charge in [0.15, 0.2) is 17.5 Å². The first kappa shape index (κ1) is 13.6. The molecular formula is C12H12N6O2. The Hall–Kier alpha value is -2.79. The SMILES string of the molecule is CC(NC=O)c1nc(CO)nn1-c1ccc(C#N)cn1. The standard InChI is InChI=1S/C12H12N6O2/c1-8(15-7-20)12-16-10(6-19)17-18(12)11-3-2-9(4-13)5-14-11/h2-3,5,7-8,19H,6H2,1H3,(H,15,20). The molecule has 20 heavy (non-hydrogen) atoms. The third-order valence-electron chi connectivity index (χ3n) is 2.62. The fourth-order valence-corrected chi connectivity index (χ4v) is 1.64. The summed E-state index contributed by atoms with van der Waals surface area (Å²) in [5.41, 5.74) is 0.428. The zero-order valence-electron chi connectivity index (χ0n) is 10.7. The Balaban J connectivity index is 2.45. The first-order chi connectivity index (χ1) is 9.69. The van der Waals surface area contributed by atoms with Crippen molar-refractivity contribution in [2.45, 2.75) is 19.6 Å². The zero-order valence-corrected chi connectivity index (χ0v) is 10.7. The predicted octanol–water partition coefficient (Wildman–Crippen LogP) is -0.167. The van der Waals surface area contributed by atoms with Crippen LogP contribution >= 0.6 is 0 Å². The molecule has 0 aliphatic rings. The topological polar surface area (TPSA) is 117 Å². The lowest BCUT2D eigenvalue weighted by molar-refractivity contribution is -0.110. The summed E-state index contributed by atoms with van der Waals surface area (Å²) in [4.78, 5) is 18.8. The van der Waals surface area contributed by atoms with Gasteiger partial charge >= 0.3 is 0 Å². The molecule has 0 saturated heterocycles. The van der Waals surface area contributed by atoms with Gasteiger partial charge in [0.1, 0.15) is 12.7 Å². The van der Waals surface area contributed by atoms with Crippen molar-refractivity contribution in [3.05, 3.63) is 35.5 Å². The molecule has 0 aliphatic heterocycles. The molecule has 8 nitrogen and oxygen atoms in total. The number of pyridine rings is 1. The highest BCUT2D eigenvalue weighted by molar-refractivity contribution is 5.47. The van der Waals surface area contributed by atoms with E-state index in [1.54, 1.807) is 19.1 Å². The van der Waals surface area contributed by atoms with Gasteiger partial charge in [-0.25, -0.2) is 9.97 Å². The summed E-state index contributed by atoms with van der Waals surface area (Å²) in [6, 6.07) is 4.80. The Morgan fingerprint density at radius 1 is 1.60 bits per heavy atom. The van der Waals surface area contributed by atoms with Crippen LogP contribution in [0.5, 0.6) is 0 Å². The van der Waals surface area contributed by atoms with Crippen LogP contribution in [-0.2, 0) is 11.4 Å². The van der Waals surface area contributed by atoms with E-state index in [0.29, 0.717) is 23.6 Å². The van der Waals surface area contributed by atoms with Crippen LogP contribution in [0.2, 0.25) is 0 Å². The Bertz CT molecular complexity index is 643. The molecule has 0 aromatic carbocycles. The van der Waals surface area contributed by atoms with E-state index in [-0.39, 0.29) is 12.4 Å². The number of hydrogen-bond acceptors (Lipinski definition) is 6. The summed E-state index contributed by atoms with van der Waals surface area (Å²) >= 11 is 0. The van der Waals surface area contributed by atoms with Gasteiger partial charge in [0.05, 0.1) is 11.6 Å². The maximum Gasteiger partial charge on any atom is 0.207 e. The molecular weight excluding hydrogens is 260 g/mol. The van der Waals surface area contributed by atoms with E-state index in [4.69, 9.17) is 10.4 Å². The third kappa shape index (κ3) is 2.62. The van der Waals surface area contributed by atoms with Gasteiger partial charge in [0.2, 0.25) is 6.41 Å². The third-order valence-corrected chi connectivity index (χ3v) is 2.62. The van der Waals surface area contributed by atoms with Crippen molar-refractivity contribution in [1.82, 2.24) is 25.1 Å². The van der Waals surface area contributed by atoms with Gasteiger partial charge in [0.25, 0.3) is 0 Å². The first-order valence-corrected chi connectivity index (χ1v) is 5.82. The van der Waals surface area contributed by atoms with Gasteiger partial charge in [0, 0.05) is 6.20 Å². The largest absolute Gasteiger partial charge is 0.388 e. The number of amides is 1. The first-order valence-electron chi connectivity index (χ1n) is 5.82. The minimum atomic E-state index is -0.391. The van der Waals surface area contributed by atoms with E-state index in [0.717, 1.165) is 0 Å². The minimum Gasteiger partial charge on any atom is -0.388 e. The van der Waals surface area contributed by atoms with Crippen LogP contribution in [0.4, 0.5) is 0 Å². The number of nitriles is 1. The average molecular weight is 272 g/mol. The van der Waals surface area contributed by atoms with Gasteiger partial charge in [-0.3, -0.25) is 4.79 Å². The average Bonchev–Trinajstić information content (AvgIpc) is 2.92. The predicted molar refractivity (Wildman–Crippen MR) is 67.4 cm³/mol. The number of aromatic nitrogens is 4. The van der Waals surface area contributed by atoms with Crippen molar-refractivity contribution in [2.75, 3.05) is 0 Å². The summed E-state index contributed by atoms with van der Waals surface area (Å²) in [5, 5.41) is 24.5. The Labute approximate surface area is 114 Å². The highest BCUT2D eigenvalue weighted by Gasteiger charge is 2.17. The second-order valence-electron chi connectivity index (χ2n) is 3.98. The molecule has 2 aromatic heterocycles. The second kappa shape index (κ2) is 5.90. The van der Waals surface area contributed by atoms with Crippen molar-refractivity contribution in [2.24, 2.45) is 0 Å². The van der Waals surface area contributed by atoms with Crippen molar-refractivity contribution in [3.8, 4) is 11.9 Å². The zero-order chi connectivity index (χ0) is 14.5. The van der Waals surface area contributed by atoms with Gasteiger partial charge in [-0.2, -0.15) is 9.94 Å². The lowest BCUT2D eigenvalue weighted by atomic mass is 10.3. The number of aliphatic hydroxyl groups excluding tert-OH is 1. The molecule has 2 heterocycles.